The van der Waals surface area contributed by atoms with Crippen molar-refractivity contribution in [2.75, 3.05) is 19.6 Å². The molecule has 0 aliphatic rings. The van der Waals surface area contributed by atoms with Gasteiger partial charge in [0, 0.05) is 32.9 Å². The molecule has 0 bridgehead atoms. The number of benzene rings is 2. The molecule has 2 aromatic carbocycles. The highest BCUT2D eigenvalue weighted by Crippen LogP contribution is 2.15. The van der Waals surface area contributed by atoms with Crippen LogP contribution in [0.2, 0.25) is 0 Å². The smallest absolute Gasteiger partial charge is 0.243 e. The van der Waals surface area contributed by atoms with E-state index in [1.54, 1.807) is 49.4 Å². The highest BCUT2D eigenvalue weighted by atomic mass is 16.3. The van der Waals surface area contributed by atoms with Crippen molar-refractivity contribution in [1.29, 1.82) is 0 Å². The number of hydrogen-bond acceptors (Lipinski definition) is 11. The van der Waals surface area contributed by atoms with E-state index in [-0.39, 0.29) is 69.3 Å². The van der Waals surface area contributed by atoms with E-state index in [0.717, 1.165) is 0 Å². The average Bonchev–Trinajstić information content (AvgIpc) is 3.26. The summed E-state index contributed by atoms with van der Waals surface area (Å²) in [6, 6.07) is 7.49. The van der Waals surface area contributed by atoms with Gasteiger partial charge in [0.1, 0.15) is 42.0 Å². The highest BCUT2D eigenvalue weighted by Gasteiger charge is 2.34. The maximum Gasteiger partial charge on any atom is 0.243 e. The molecule has 0 aliphatic carbocycles. The molecule has 22 heteroatoms. The van der Waals surface area contributed by atoms with E-state index in [0.29, 0.717) is 43.4 Å². The van der Waals surface area contributed by atoms with Crippen LogP contribution < -0.4 is 66.3 Å². The van der Waals surface area contributed by atoms with Gasteiger partial charge in [-0.25, -0.2) is 0 Å². The van der Waals surface area contributed by atoms with E-state index in [9.17, 15) is 38.7 Å². The molecule has 0 aliphatic heterocycles. The molecule has 7 amide bonds. The first-order valence-electron chi connectivity index (χ1n) is 22.1. The Labute approximate surface area is 385 Å². The molecule has 0 radical (unpaired) electrons. The van der Waals surface area contributed by atoms with E-state index >= 15 is 0 Å². The summed E-state index contributed by atoms with van der Waals surface area (Å²) in [5.74, 6) is -5.72. The molecule has 0 heterocycles. The number of nitrogens with one attached hydrogen (secondary N) is 6. The molecule has 0 unspecified atom stereocenters. The number of hydrogen-bond donors (Lipinski definition) is 13. The Hall–Kier alpha value is -6.97. The normalized spacial score (nSPS) is 14.0. The van der Waals surface area contributed by atoms with Crippen molar-refractivity contribution >= 4 is 53.3 Å². The number of carbonyl (C=O) groups excluding carboxylic acids is 7. The van der Waals surface area contributed by atoms with Crippen molar-refractivity contribution in [2.24, 2.45) is 50.3 Å². The molecule has 364 valence electrons. The fourth-order valence-electron chi connectivity index (χ4n) is 6.74. The van der Waals surface area contributed by atoms with Gasteiger partial charge in [-0.1, -0.05) is 62.7 Å². The highest BCUT2D eigenvalue weighted by molar-refractivity contribution is 5.97. The van der Waals surface area contributed by atoms with E-state index in [1.165, 1.54) is 19.1 Å². The van der Waals surface area contributed by atoms with Gasteiger partial charge in [-0.2, -0.15) is 0 Å². The molecular formula is C44H70N14O8. The zero-order chi connectivity index (χ0) is 49.2. The standard InChI is InChI=1S/C44H70N14O8/c1-4-26(2)36(42(66)54-31(37(46)61)14-8-9-21-45)58-39(63)33(16-11-23-52-44(49)50)55-40(64)35(25-29-17-19-30(60)20-18-29)57-41(65)34(24-28-12-6-5-7-13-28)56-38(62)32(53-27(3)59)15-10-22-51-43(47)48/h5-7,12-13,17-20,26,31-36,60H,4,8-11,14-16,21-25,45H2,1-3H3,(H2,46,61)(H,53,59)(H,54,66)(H,55,64)(H,56,62)(H,57,65)(H,58,63)(H4,47,48,51)(H4,49,50,52)/t26-,31-,32-,33-,34-,35-,36-/m0/s1. The van der Waals surface area contributed by atoms with Crippen molar-refractivity contribution < 1.29 is 38.7 Å². The molecule has 22 nitrogen and oxygen atoms in total. The topological polar surface area (TPSA) is 393 Å². The fourth-order valence-corrected chi connectivity index (χ4v) is 6.74. The van der Waals surface area contributed by atoms with Gasteiger partial charge in [0.05, 0.1) is 0 Å². The predicted molar refractivity (Wildman–Crippen MR) is 251 cm³/mol. The minimum atomic E-state index is -1.38. The largest absolute Gasteiger partial charge is 0.508 e. The number of phenols is 1. The molecule has 19 N–H and O–H groups in total. The number of guanidine groups is 2. The lowest BCUT2D eigenvalue weighted by Crippen LogP contribution is -2.61. The molecule has 0 saturated heterocycles. The molecule has 2 rings (SSSR count). The number of aliphatic imine (C=N–C) groups is 2. The van der Waals surface area contributed by atoms with Gasteiger partial charge in [-0.3, -0.25) is 43.5 Å². The second-order valence-corrected chi connectivity index (χ2v) is 16.0. The van der Waals surface area contributed by atoms with Crippen LogP contribution >= 0.6 is 0 Å². The lowest BCUT2D eigenvalue weighted by Gasteiger charge is -2.29. The maximum absolute atomic E-state index is 14.5. The van der Waals surface area contributed by atoms with Crippen molar-refractivity contribution in [3.05, 3.63) is 65.7 Å². The van der Waals surface area contributed by atoms with Gasteiger partial charge >= 0.3 is 0 Å². The van der Waals surface area contributed by atoms with Crippen molar-refractivity contribution in [3.8, 4) is 5.75 Å². The summed E-state index contributed by atoms with van der Waals surface area (Å²) in [7, 11) is 0. The van der Waals surface area contributed by atoms with E-state index in [1.807, 2.05) is 6.92 Å². The van der Waals surface area contributed by atoms with Crippen molar-refractivity contribution in [3.63, 3.8) is 0 Å². The third kappa shape index (κ3) is 21.1. The number of phenolic OH excluding ortho intramolecular Hbond substituents is 1. The summed E-state index contributed by atoms with van der Waals surface area (Å²) in [6.45, 7) is 5.45. The zero-order valence-corrected chi connectivity index (χ0v) is 38.1. The van der Waals surface area contributed by atoms with Crippen molar-refractivity contribution in [1.82, 2.24) is 31.9 Å². The van der Waals surface area contributed by atoms with Crippen LogP contribution in [0, 0.1) is 5.92 Å². The summed E-state index contributed by atoms with van der Waals surface area (Å²) in [5.41, 5.74) is 34.3. The van der Waals surface area contributed by atoms with Crippen LogP contribution in [0.25, 0.3) is 0 Å². The number of nitrogens with two attached hydrogens (primary N) is 6. The zero-order valence-electron chi connectivity index (χ0n) is 38.1. The monoisotopic (exact) mass is 923 g/mol. The molecule has 2 aromatic rings. The first-order valence-corrected chi connectivity index (χ1v) is 22.1. The summed E-state index contributed by atoms with van der Waals surface area (Å²) in [5, 5.41) is 26.2. The van der Waals surface area contributed by atoms with Crippen LogP contribution in [0.3, 0.4) is 0 Å². The second-order valence-electron chi connectivity index (χ2n) is 16.0. The number of nitrogens with zero attached hydrogens (tertiary/aromatic N) is 2. The Balaban J connectivity index is 2.54. The molecule has 7 atom stereocenters. The van der Waals surface area contributed by atoms with E-state index in [4.69, 9.17) is 34.4 Å². The summed E-state index contributed by atoms with van der Waals surface area (Å²) < 4.78 is 0. The maximum atomic E-state index is 14.5. The van der Waals surface area contributed by atoms with Gasteiger partial charge in [0.2, 0.25) is 41.4 Å². The van der Waals surface area contributed by atoms with E-state index < -0.39 is 83.5 Å². The third-order valence-corrected chi connectivity index (χ3v) is 10.5. The number of aromatic hydroxyl groups is 1. The number of unbranched alkanes of at least 4 members (excludes halogenated alkanes) is 1. The lowest BCUT2D eigenvalue weighted by molar-refractivity contribution is -0.136. The summed E-state index contributed by atoms with van der Waals surface area (Å²) >= 11 is 0. The SMILES string of the molecule is CC[C@H](C)[C@H](NC(=O)[C@H](CCCN=C(N)N)NC(=O)[C@H](Cc1ccc(O)cc1)NC(=O)[C@H](Cc1ccccc1)NC(=O)[C@H](CCCN=C(N)N)NC(C)=O)C(=O)N[C@@H](CCCCN)C(N)=O. The number of primary amides is 1. The number of amides is 7. The minimum Gasteiger partial charge on any atom is -0.508 e. The van der Waals surface area contributed by atoms with Crippen molar-refractivity contribution in [2.45, 2.75) is 121 Å². The first-order chi connectivity index (χ1) is 31.3. The predicted octanol–water partition coefficient (Wildman–Crippen LogP) is -2.13. The van der Waals surface area contributed by atoms with Crippen LogP contribution in [0.15, 0.2) is 64.6 Å². The van der Waals surface area contributed by atoms with Crippen LogP contribution in [-0.4, -0.2) is 114 Å². The molecule has 0 saturated carbocycles. The molecule has 66 heavy (non-hydrogen) atoms. The van der Waals surface area contributed by atoms with Gasteiger partial charge < -0.3 is 71.4 Å². The first kappa shape index (κ1) is 55.2. The summed E-state index contributed by atoms with van der Waals surface area (Å²) in [6.07, 6.45) is 2.26. The van der Waals surface area contributed by atoms with Gasteiger partial charge in [0.15, 0.2) is 11.9 Å². The fraction of sp³-hybridized carbons (Fsp3) is 0.523. The number of carbonyl (C=O) groups is 7. The van der Waals surface area contributed by atoms with Crippen LogP contribution in [0.5, 0.6) is 5.75 Å². The molecule has 0 fully saturated rings. The van der Waals surface area contributed by atoms with Crippen LogP contribution in [0.1, 0.15) is 83.3 Å². The third-order valence-electron chi connectivity index (χ3n) is 10.5. The van der Waals surface area contributed by atoms with E-state index in [2.05, 4.69) is 41.9 Å². The quantitative estimate of drug-likeness (QED) is 0.0227. The lowest BCUT2D eigenvalue weighted by atomic mass is 9.96. The Morgan fingerprint density at radius 3 is 1.47 bits per heavy atom. The number of rotatable bonds is 30. The Morgan fingerprint density at radius 2 is 1.00 bits per heavy atom. The minimum absolute atomic E-state index is 0.0213. The summed E-state index contributed by atoms with van der Waals surface area (Å²) in [4.78, 5) is 103. The van der Waals surface area contributed by atoms with Crippen LogP contribution in [-0.2, 0) is 46.4 Å². The second kappa shape index (κ2) is 29.5. The Kier molecular flexibility index (Phi) is 24.6. The molecular weight excluding hydrogens is 853 g/mol. The molecule has 0 aromatic heterocycles. The van der Waals surface area contributed by atoms with Gasteiger partial charge in [-0.15, -0.1) is 0 Å². The Bertz CT molecular complexity index is 1940. The van der Waals surface area contributed by atoms with Gasteiger partial charge in [-0.05, 0) is 80.7 Å². The average molecular weight is 923 g/mol. The van der Waals surface area contributed by atoms with Gasteiger partial charge in [0.25, 0.3) is 0 Å². The Morgan fingerprint density at radius 1 is 0.561 bits per heavy atom. The van der Waals surface area contributed by atoms with Crippen LogP contribution in [0.4, 0.5) is 0 Å². The molecule has 0 spiro atoms.